The van der Waals surface area contributed by atoms with Gasteiger partial charge in [0.1, 0.15) is 5.75 Å². The van der Waals surface area contributed by atoms with Crippen LogP contribution in [0.2, 0.25) is 10.0 Å². The molecule has 1 amide bonds. The van der Waals surface area contributed by atoms with E-state index in [1.54, 1.807) is 24.3 Å². The predicted molar refractivity (Wildman–Crippen MR) is 105 cm³/mol. The Morgan fingerprint density at radius 2 is 1.92 bits per heavy atom. The molecule has 2 aromatic rings. The normalized spacial score (nSPS) is 17.2. The Morgan fingerprint density at radius 1 is 1.16 bits per heavy atom. The van der Waals surface area contributed by atoms with Crippen molar-refractivity contribution >= 4 is 57.8 Å². The highest BCUT2D eigenvalue weighted by Crippen LogP contribution is 2.30. The molecule has 1 aliphatic rings. The van der Waals surface area contributed by atoms with Gasteiger partial charge >= 0.3 is 0 Å². The first kappa shape index (κ1) is 17.9. The SMILES string of the molecule is CCOc1ccc(N=C2NC(=O)/C(=C/c3ccc(Cl)c(Cl)c3)S2)cc1. The monoisotopic (exact) mass is 392 g/mol. The zero-order chi connectivity index (χ0) is 17.8. The molecule has 25 heavy (non-hydrogen) atoms. The van der Waals surface area contributed by atoms with Crippen molar-refractivity contribution in [1.29, 1.82) is 0 Å². The minimum atomic E-state index is -0.194. The van der Waals surface area contributed by atoms with Crippen molar-refractivity contribution in [1.82, 2.24) is 5.32 Å². The Hall–Kier alpha value is -1.95. The third kappa shape index (κ3) is 4.57. The summed E-state index contributed by atoms with van der Waals surface area (Å²) in [6.07, 6.45) is 1.75. The average Bonchev–Trinajstić information content (AvgIpc) is 2.92. The molecule has 0 aromatic heterocycles. The van der Waals surface area contributed by atoms with Crippen molar-refractivity contribution in [3.8, 4) is 5.75 Å². The lowest BCUT2D eigenvalue weighted by atomic mass is 10.2. The van der Waals surface area contributed by atoms with Gasteiger partial charge in [-0.1, -0.05) is 29.3 Å². The topological polar surface area (TPSA) is 50.7 Å². The summed E-state index contributed by atoms with van der Waals surface area (Å²) in [5.41, 5.74) is 1.54. The quantitative estimate of drug-likeness (QED) is 0.719. The van der Waals surface area contributed by atoms with E-state index in [1.165, 1.54) is 11.8 Å². The van der Waals surface area contributed by atoms with Gasteiger partial charge in [-0.15, -0.1) is 0 Å². The highest BCUT2D eigenvalue weighted by atomic mass is 35.5. The molecule has 1 N–H and O–H groups in total. The predicted octanol–water partition coefficient (Wildman–Crippen LogP) is 5.28. The molecule has 0 unspecified atom stereocenters. The molecule has 1 heterocycles. The van der Waals surface area contributed by atoms with Crippen LogP contribution >= 0.6 is 35.0 Å². The first-order valence-electron chi connectivity index (χ1n) is 7.52. The lowest BCUT2D eigenvalue weighted by Gasteiger charge is -2.02. The molecule has 0 saturated carbocycles. The highest BCUT2D eigenvalue weighted by molar-refractivity contribution is 8.18. The Bertz CT molecular complexity index is 864. The molecule has 0 atom stereocenters. The first-order valence-corrected chi connectivity index (χ1v) is 9.10. The van der Waals surface area contributed by atoms with Gasteiger partial charge in [0, 0.05) is 0 Å². The fraction of sp³-hybridized carbons (Fsp3) is 0.111. The number of aliphatic imine (C=N–C) groups is 1. The molecule has 3 rings (SSSR count). The largest absolute Gasteiger partial charge is 0.494 e. The van der Waals surface area contributed by atoms with E-state index in [0.717, 1.165) is 17.0 Å². The number of carbonyl (C=O) groups is 1. The summed E-state index contributed by atoms with van der Waals surface area (Å²) in [6, 6.07) is 12.6. The summed E-state index contributed by atoms with van der Waals surface area (Å²) in [4.78, 5) is 17.1. The van der Waals surface area contributed by atoms with Gasteiger partial charge < -0.3 is 10.1 Å². The van der Waals surface area contributed by atoms with Crippen LogP contribution in [0, 0.1) is 0 Å². The van der Waals surface area contributed by atoms with Gasteiger partial charge in [0.15, 0.2) is 5.17 Å². The third-order valence-electron chi connectivity index (χ3n) is 3.27. The van der Waals surface area contributed by atoms with Gasteiger partial charge in [0.25, 0.3) is 5.91 Å². The highest BCUT2D eigenvalue weighted by Gasteiger charge is 2.23. The molecule has 4 nitrogen and oxygen atoms in total. The number of hydrogen-bond acceptors (Lipinski definition) is 4. The standard InChI is InChI=1S/C18H14Cl2N2O2S/c1-2-24-13-6-4-12(5-7-13)21-18-22-17(23)16(25-18)10-11-3-8-14(19)15(20)9-11/h3-10H,2H2,1H3,(H,21,22,23)/b16-10-. The third-order valence-corrected chi connectivity index (χ3v) is 4.92. The number of ether oxygens (including phenoxy) is 1. The Morgan fingerprint density at radius 3 is 2.60 bits per heavy atom. The summed E-state index contributed by atoms with van der Waals surface area (Å²) in [5, 5.41) is 4.21. The molecule has 2 aromatic carbocycles. The summed E-state index contributed by atoms with van der Waals surface area (Å²) < 4.78 is 5.40. The van der Waals surface area contributed by atoms with Crippen LogP contribution in [0.1, 0.15) is 12.5 Å². The molecule has 1 aliphatic heterocycles. The molecule has 0 bridgehead atoms. The number of amides is 1. The van der Waals surface area contributed by atoms with E-state index in [-0.39, 0.29) is 5.91 Å². The number of nitrogens with one attached hydrogen (secondary N) is 1. The number of thioether (sulfide) groups is 1. The van der Waals surface area contributed by atoms with Crippen molar-refractivity contribution in [2.75, 3.05) is 6.61 Å². The summed E-state index contributed by atoms with van der Waals surface area (Å²) in [7, 11) is 0. The van der Waals surface area contributed by atoms with Crippen molar-refractivity contribution in [3.63, 3.8) is 0 Å². The van der Waals surface area contributed by atoms with Crippen LogP contribution in [0.15, 0.2) is 52.4 Å². The van der Waals surface area contributed by atoms with Crippen molar-refractivity contribution in [3.05, 3.63) is 63.0 Å². The maximum atomic E-state index is 12.1. The molecule has 7 heteroatoms. The van der Waals surface area contributed by atoms with Crippen LogP contribution < -0.4 is 10.1 Å². The maximum Gasteiger partial charge on any atom is 0.264 e. The van der Waals surface area contributed by atoms with E-state index in [1.807, 2.05) is 31.2 Å². The van der Waals surface area contributed by atoms with Gasteiger partial charge in [-0.25, -0.2) is 4.99 Å². The summed E-state index contributed by atoms with van der Waals surface area (Å²) in [5.74, 6) is 0.593. The van der Waals surface area contributed by atoms with Gasteiger partial charge in [-0.3, -0.25) is 4.79 Å². The lowest BCUT2D eigenvalue weighted by Crippen LogP contribution is -2.19. The van der Waals surface area contributed by atoms with Crippen molar-refractivity contribution in [2.45, 2.75) is 6.92 Å². The van der Waals surface area contributed by atoms with E-state index in [9.17, 15) is 4.79 Å². The van der Waals surface area contributed by atoms with Crippen LogP contribution in [0.3, 0.4) is 0 Å². The van der Waals surface area contributed by atoms with Crippen LogP contribution in [-0.2, 0) is 4.79 Å². The van der Waals surface area contributed by atoms with E-state index < -0.39 is 0 Å². The number of amidine groups is 1. The minimum absolute atomic E-state index is 0.194. The second kappa shape index (κ2) is 7.95. The average molecular weight is 393 g/mol. The number of carbonyl (C=O) groups excluding carboxylic acids is 1. The molecule has 0 spiro atoms. The second-order valence-corrected chi connectivity index (χ2v) is 6.93. The zero-order valence-electron chi connectivity index (χ0n) is 13.3. The lowest BCUT2D eigenvalue weighted by molar-refractivity contribution is -0.115. The van der Waals surface area contributed by atoms with Crippen molar-refractivity contribution < 1.29 is 9.53 Å². The molecular formula is C18H14Cl2N2O2S. The van der Waals surface area contributed by atoms with Gasteiger partial charge in [0.2, 0.25) is 0 Å². The smallest absolute Gasteiger partial charge is 0.264 e. The molecule has 1 saturated heterocycles. The summed E-state index contributed by atoms with van der Waals surface area (Å²) in [6.45, 7) is 2.54. The number of rotatable bonds is 4. The number of nitrogens with zero attached hydrogens (tertiary/aromatic N) is 1. The Labute approximate surface area is 159 Å². The van der Waals surface area contributed by atoms with Crippen LogP contribution in [-0.4, -0.2) is 17.7 Å². The van der Waals surface area contributed by atoms with E-state index in [4.69, 9.17) is 27.9 Å². The molecular weight excluding hydrogens is 379 g/mol. The molecule has 0 aliphatic carbocycles. The second-order valence-electron chi connectivity index (χ2n) is 5.08. The van der Waals surface area contributed by atoms with E-state index in [0.29, 0.717) is 26.7 Å². The number of halogens is 2. The first-order chi connectivity index (χ1) is 12.0. The minimum Gasteiger partial charge on any atom is -0.494 e. The van der Waals surface area contributed by atoms with E-state index in [2.05, 4.69) is 10.3 Å². The Kier molecular flexibility index (Phi) is 5.68. The Balaban J connectivity index is 1.77. The fourth-order valence-electron chi connectivity index (χ4n) is 2.13. The van der Waals surface area contributed by atoms with Gasteiger partial charge in [-0.05, 0) is 66.7 Å². The van der Waals surface area contributed by atoms with Gasteiger partial charge in [-0.2, -0.15) is 0 Å². The molecule has 0 radical (unpaired) electrons. The maximum absolute atomic E-state index is 12.1. The van der Waals surface area contributed by atoms with Crippen LogP contribution in [0.4, 0.5) is 5.69 Å². The molecule has 128 valence electrons. The number of benzene rings is 2. The van der Waals surface area contributed by atoms with Crippen molar-refractivity contribution in [2.24, 2.45) is 4.99 Å². The van der Waals surface area contributed by atoms with Crippen LogP contribution in [0.5, 0.6) is 5.75 Å². The number of hydrogen-bond donors (Lipinski definition) is 1. The van der Waals surface area contributed by atoms with Crippen LogP contribution in [0.25, 0.3) is 6.08 Å². The summed E-state index contributed by atoms with van der Waals surface area (Å²) >= 11 is 13.2. The van der Waals surface area contributed by atoms with E-state index >= 15 is 0 Å². The molecule has 1 fully saturated rings. The zero-order valence-corrected chi connectivity index (χ0v) is 15.6. The van der Waals surface area contributed by atoms with Gasteiger partial charge in [0.05, 0.1) is 27.2 Å². The fourth-order valence-corrected chi connectivity index (χ4v) is 3.28.